The van der Waals surface area contributed by atoms with Crippen molar-refractivity contribution in [2.45, 2.75) is 37.5 Å². The van der Waals surface area contributed by atoms with Crippen LogP contribution in [0.5, 0.6) is 5.75 Å². The molecule has 1 aromatic carbocycles. The van der Waals surface area contributed by atoms with E-state index in [2.05, 4.69) is 22.0 Å². The molecule has 7 heteroatoms. The van der Waals surface area contributed by atoms with Gasteiger partial charge in [0.2, 0.25) is 0 Å². The molecule has 2 aromatic rings. The minimum absolute atomic E-state index is 0.0900. The van der Waals surface area contributed by atoms with Crippen molar-refractivity contribution >= 4 is 16.9 Å². The van der Waals surface area contributed by atoms with E-state index in [-0.39, 0.29) is 36.1 Å². The van der Waals surface area contributed by atoms with E-state index in [1.165, 1.54) is 23.8 Å². The van der Waals surface area contributed by atoms with Crippen LogP contribution >= 0.6 is 0 Å². The van der Waals surface area contributed by atoms with Gasteiger partial charge in [-0.05, 0) is 48.8 Å². The number of H-pyrrole nitrogens is 1. The maximum absolute atomic E-state index is 12.9. The zero-order valence-corrected chi connectivity index (χ0v) is 18.7. The first kappa shape index (κ1) is 20.8. The molecule has 1 aliphatic carbocycles. The number of piperidine rings is 1. The average Bonchev–Trinajstić information content (AvgIpc) is 3.19. The van der Waals surface area contributed by atoms with Crippen molar-refractivity contribution in [2.75, 3.05) is 41.5 Å². The van der Waals surface area contributed by atoms with Crippen LogP contribution < -0.4 is 4.74 Å². The summed E-state index contributed by atoms with van der Waals surface area (Å²) in [5.74, 6) is 0.961. The number of carbonyl (C=O) groups is 1. The molecule has 1 saturated carbocycles. The van der Waals surface area contributed by atoms with Gasteiger partial charge < -0.3 is 23.9 Å². The van der Waals surface area contributed by atoms with Crippen LogP contribution in [0.1, 0.15) is 30.1 Å². The number of carbonyl (C=O) groups excluding carboxylic acids is 1. The molecule has 1 aromatic heterocycles. The molecule has 31 heavy (non-hydrogen) atoms. The standard InChI is InChI=1S/C24H32N2O5/c1-28-14-5-6-15-16-7-8-26-12-13-9-20(29-2)23(30-3)21(24(27)31-4)17(13)11-19(26)22(16)25-18(15)10-14/h5-6,10,13,17,19-21,23,25H,7-9,11-12H2,1-4H3/t13-,17+,19-,20+,21+,23+/m1/s1. The lowest BCUT2D eigenvalue weighted by molar-refractivity contribution is -0.179. The highest BCUT2D eigenvalue weighted by Crippen LogP contribution is 2.50. The van der Waals surface area contributed by atoms with Crippen molar-refractivity contribution in [3.8, 4) is 5.75 Å². The molecule has 2 fully saturated rings. The van der Waals surface area contributed by atoms with Crippen LogP contribution in [0.4, 0.5) is 0 Å². The number of methoxy groups -OCH3 is 4. The predicted octanol–water partition coefficient (Wildman–Crippen LogP) is 2.93. The number of nitrogens with zero attached hydrogens (tertiary/aromatic N) is 1. The minimum atomic E-state index is -0.310. The van der Waals surface area contributed by atoms with Crippen LogP contribution in [0, 0.1) is 17.8 Å². The largest absolute Gasteiger partial charge is 0.497 e. The third kappa shape index (κ3) is 3.25. The molecule has 7 nitrogen and oxygen atoms in total. The van der Waals surface area contributed by atoms with Gasteiger partial charge in [-0.2, -0.15) is 0 Å². The Bertz CT molecular complexity index is 972. The van der Waals surface area contributed by atoms with Gasteiger partial charge in [-0.3, -0.25) is 9.69 Å². The van der Waals surface area contributed by atoms with Crippen LogP contribution in [0.3, 0.4) is 0 Å². The molecule has 0 amide bonds. The number of fused-ring (bicyclic) bond motifs is 6. The molecule has 0 unspecified atom stereocenters. The number of hydrogen-bond donors (Lipinski definition) is 1. The Morgan fingerprint density at radius 1 is 1.13 bits per heavy atom. The molecule has 0 spiro atoms. The Morgan fingerprint density at radius 3 is 2.68 bits per heavy atom. The van der Waals surface area contributed by atoms with Crippen molar-refractivity contribution in [2.24, 2.45) is 17.8 Å². The van der Waals surface area contributed by atoms with E-state index in [1.807, 2.05) is 6.07 Å². The summed E-state index contributed by atoms with van der Waals surface area (Å²) < 4.78 is 22.2. The van der Waals surface area contributed by atoms with Crippen molar-refractivity contribution in [3.63, 3.8) is 0 Å². The summed E-state index contributed by atoms with van der Waals surface area (Å²) >= 11 is 0. The lowest BCUT2D eigenvalue weighted by atomic mass is 9.64. The molecule has 5 rings (SSSR count). The number of esters is 1. The number of aromatic amines is 1. The molecule has 3 heterocycles. The molecule has 168 valence electrons. The van der Waals surface area contributed by atoms with E-state index >= 15 is 0 Å². The second kappa shape index (κ2) is 8.11. The Morgan fingerprint density at radius 2 is 1.97 bits per heavy atom. The van der Waals surface area contributed by atoms with Gasteiger partial charge in [0.1, 0.15) is 5.75 Å². The van der Waals surface area contributed by atoms with Gasteiger partial charge in [0, 0.05) is 50.0 Å². The van der Waals surface area contributed by atoms with Gasteiger partial charge in [0.25, 0.3) is 0 Å². The molecule has 2 aliphatic heterocycles. The normalized spacial score (nSPS) is 32.8. The summed E-state index contributed by atoms with van der Waals surface area (Å²) in [6.07, 6.45) is 2.49. The molecular formula is C24H32N2O5. The first-order valence-corrected chi connectivity index (χ1v) is 11.2. The monoisotopic (exact) mass is 428 g/mol. The summed E-state index contributed by atoms with van der Waals surface area (Å²) in [6, 6.07) is 6.54. The van der Waals surface area contributed by atoms with Gasteiger partial charge in [-0.25, -0.2) is 0 Å². The Hall–Kier alpha value is -2.09. The zero-order valence-electron chi connectivity index (χ0n) is 18.7. The maximum Gasteiger partial charge on any atom is 0.311 e. The van der Waals surface area contributed by atoms with Gasteiger partial charge in [-0.1, -0.05) is 0 Å². The SMILES string of the molecule is COC(=O)[C@H]1[C@H]2C[C@@H]3c4[nH]c5cc(OC)ccc5c4CCN3C[C@H]2C[C@H](OC)[C@@H]1OC. The van der Waals surface area contributed by atoms with Crippen LogP contribution in [-0.4, -0.2) is 69.6 Å². The van der Waals surface area contributed by atoms with E-state index < -0.39 is 0 Å². The van der Waals surface area contributed by atoms with E-state index in [4.69, 9.17) is 18.9 Å². The average molecular weight is 429 g/mol. The number of benzene rings is 1. The third-order valence-electron chi connectivity index (χ3n) is 7.90. The van der Waals surface area contributed by atoms with E-state index in [1.54, 1.807) is 21.3 Å². The topological polar surface area (TPSA) is 73.0 Å². The smallest absolute Gasteiger partial charge is 0.311 e. The first-order chi connectivity index (χ1) is 15.1. The number of nitrogens with one attached hydrogen (secondary N) is 1. The van der Waals surface area contributed by atoms with Crippen molar-refractivity contribution in [3.05, 3.63) is 29.5 Å². The fraction of sp³-hybridized carbons (Fsp3) is 0.625. The summed E-state index contributed by atoms with van der Waals surface area (Å²) in [4.78, 5) is 19.2. The second-order valence-corrected chi connectivity index (χ2v) is 9.11. The summed E-state index contributed by atoms with van der Waals surface area (Å²) in [5, 5.41) is 1.28. The van der Waals surface area contributed by atoms with Gasteiger partial charge >= 0.3 is 5.97 Å². The summed E-state index contributed by atoms with van der Waals surface area (Å²) in [7, 11) is 6.55. The minimum Gasteiger partial charge on any atom is -0.497 e. The Kier molecular flexibility index (Phi) is 5.44. The highest BCUT2D eigenvalue weighted by molar-refractivity contribution is 5.86. The fourth-order valence-electron chi connectivity index (χ4n) is 6.47. The first-order valence-electron chi connectivity index (χ1n) is 11.2. The second-order valence-electron chi connectivity index (χ2n) is 9.11. The summed E-state index contributed by atoms with van der Waals surface area (Å²) in [5.41, 5.74) is 3.82. The van der Waals surface area contributed by atoms with E-state index in [0.717, 1.165) is 43.6 Å². The third-order valence-corrected chi connectivity index (χ3v) is 7.90. The van der Waals surface area contributed by atoms with Crippen LogP contribution in [-0.2, 0) is 25.4 Å². The summed E-state index contributed by atoms with van der Waals surface area (Å²) in [6.45, 7) is 2.01. The molecule has 1 saturated heterocycles. The molecule has 0 bridgehead atoms. The van der Waals surface area contributed by atoms with Crippen LogP contribution in [0.25, 0.3) is 10.9 Å². The Labute approximate surface area is 183 Å². The van der Waals surface area contributed by atoms with Gasteiger partial charge in [-0.15, -0.1) is 0 Å². The van der Waals surface area contributed by atoms with Crippen molar-refractivity contribution in [1.82, 2.24) is 9.88 Å². The molecule has 1 N–H and O–H groups in total. The number of rotatable bonds is 4. The molecule has 0 radical (unpaired) electrons. The van der Waals surface area contributed by atoms with Crippen molar-refractivity contribution in [1.29, 1.82) is 0 Å². The molecular weight excluding hydrogens is 396 g/mol. The quantitative estimate of drug-likeness (QED) is 0.755. The van der Waals surface area contributed by atoms with Gasteiger partial charge in [0.15, 0.2) is 0 Å². The van der Waals surface area contributed by atoms with Crippen molar-refractivity contribution < 1.29 is 23.7 Å². The highest BCUT2D eigenvalue weighted by Gasteiger charge is 2.53. The number of aromatic nitrogens is 1. The molecule has 6 atom stereocenters. The van der Waals surface area contributed by atoms with Gasteiger partial charge in [0.05, 0.1) is 38.4 Å². The maximum atomic E-state index is 12.9. The van der Waals surface area contributed by atoms with E-state index in [9.17, 15) is 4.79 Å². The van der Waals surface area contributed by atoms with Crippen LogP contribution in [0.15, 0.2) is 18.2 Å². The number of hydrogen-bond acceptors (Lipinski definition) is 6. The predicted molar refractivity (Wildman–Crippen MR) is 116 cm³/mol. The number of ether oxygens (including phenoxy) is 4. The lowest BCUT2D eigenvalue weighted by Gasteiger charge is -2.53. The molecule has 3 aliphatic rings. The Balaban J connectivity index is 1.52. The highest BCUT2D eigenvalue weighted by atomic mass is 16.5. The van der Waals surface area contributed by atoms with Crippen LogP contribution in [0.2, 0.25) is 0 Å². The van der Waals surface area contributed by atoms with E-state index in [0.29, 0.717) is 5.92 Å². The lowest BCUT2D eigenvalue weighted by Crippen LogP contribution is -2.58. The fourth-order valence-corrected chi connectivity index (χ4v) is 6.47. The zero-order chi connectivity index (χ0) is 21.7.